The van der Waals surface area contributed by atoms with Crippen LogP contribution in [0.3, 0.4) is 0 Å². The molecule has 1 aliphatic heterocycles. The van der Waals surface area contributed by atoms with Crippen molar-refractivity contribution in [2.24, 2.45) is 5.92 Å². The zero-order chi connectivity index (χ0) is 22.2. The average molecular weight is 457 g/mol. The van der Waals surface area contributed by atoms with Gasteiger partial charge >= 0.3 is 0 Å². The topological polar surface area (TPSA) is 59.4 Å². The highest BCUT2D eigenvalue weighted by atomic mass is 35.5. The molecule has 1 saturated heterocycles. The van der Waals surface area contributed by atoms with Crippen LogP contribution >= 0.6 is 11.6 Å². The second kappa shape index (κ2) is 8.81. The zero-order valence-electron chi connectivity index (χ0n) is 18.0. The first kappa shape index (κ1) is 21.4. The molecule has 1 aromatic heterocycles. The lowest BCUT2D eigenvalue weighted by Crippen LogP contribution is -2.47. The summed E-state index contributed by atoms with van der Waals surface area (Å²) in [7, 11) is 0. The van der Waals surface area contributed by atoms with Crippen molar-refractivity contribution >= 4 is 22.5 Å². The summed E-state index contributed by atoms with van der Waals surface area (Å²) in [4.78, 5) is 21.2. The van der Waals surface area contributed by atoms with Gasteiger partial charge in [-0.3, -0.25) is 14.3 Å². The Labute approximate surface area is 191 Å². The van der Waals surface area contributed by atoms with Crippen molar-refractivity contribution in [1.29, 1.82) is 0 Å². The van der Waals surface area contributed by atoms with Gasteiger partial charge in [0.2, 0.25) is 0 Å². The van der Waals surface area contributed by atoms with E-state index in [1.807, 2.05) is 6.92 Å². The van der Waals surface area contributed by atoms with Gasteiger partial charge < -0.3 is 10.1 Å². The van der Waals surface area contributed by atoms with E-state index >= 15 is 0 Å². The molecule has 2 aromatic carbocycles. The second-order valence-electron chi connectivity index (χ2n) is 8.39. The zero-order valence-corrected chi connectivity index (χ0v) is 18.7. The molecule has 2 aliphatic rings. The molecule has 1 unspecified atom stereocenters. The van der Waals surface area contributed by atoms with Crippen LogP contribution < -0.4 is 15.6 Å². The molecular formula is C24H26ClFN4O2. The monoisotopic (exact) mass is 456 g/mol. The summed E-state index contributed by atoms with van der Waals surface area (Å²) in [6.07, 6.45) is 2.20. The van der Waals surface area contributed by atoms with Gasteiger partial charge in [-0.25, -0.2) is 9.37 Å². The lowest BCUT2D eigenvalue weighted by molar-refractivity contribution is 0.147. The van der Waals surface area contributed by atoms with Crippen molar-refractivity contribution in [3.63, 3.8) is 0 Å². The van der Waals surface area contributed by atoms with Crippen molar-refractivity contribution in [3.8, 4) is 11.4 Å². The molecule has 32 heavy (non-hydrogen) atoms. The van der Waals surface area contributed by atoms with Crippen LogP contribution in [0.25, 0.3) is 16.6 Å². The molecule has 168 valence electrons. The van der Waals surface area contributed by atoms with E-state index in [0.29, 0.717) is 40.3 Å². The van der Waals surface area contributed by atoms with Gasteiger partial charge in [-0.05, 0) is 56.0 Å². The minimum absolute atomic E-state index is 0.00408. The van der Waals surface area contributed by atoms with E-state index in [4.69, 9.17) is 21.3 Å². The van der Waals surface area contributed by atoms with Crippen molar-refractivity contribution in [2.45, 2.75) is 25.8 Å². The van der Waals surface area contributed by atoms with Gasteiger partial charge in [0.1, 0.15) is 17.4 Å². The smallest absolute Gasteiger partial charge is 0.266 e. The maximum atomic E-state index is 14.1. The fraction of sp³-hybridized carbons (Fsp3) is 0.417. The molecule has 0 bridgehead atoms. The van der Waals surface area contributed by atoms with Crippen LogP contribution in [-0.4, -0.2) is 47.2 Å². The van der Waals surface area contributed by atoms with Gasteiger partial charge in [0.25, 0.3) is 5.56 Å². The Morgan fingerprint density at radius 3 is 2.72 bits per heavy atom. The average Bonchev–Trinajstić information content (AvgIpc) is 3.62. The second-order valence-corrected chi connectivity index (χ2v) is 8.82. The third-order valence-corrected chi connectivity index (χ3v) is 6.43. The number of ether oxygens (including phenoxy) is 1. The summed E-state index contributed by atoms with van der Waals surface area (Å²) in [5.74, 6) is 1.17. The van der Waals surface area contributed by atoms with Crippen LogP contribution in [-0.2, 0) is 0 Å². The number of piperazine rings is 1. The van der Waals surface area contributed by atoms with Gasteiger partial charge in [-0.15, -0.1) is 0 Å². The molecule has 6 nitrogen and oxygen atoms in total. The molecule has 2 heterocycles. The summed E-state index contributed by atoms with van der Waals surface area (Å²) in [5, 5.41) is 4.17. The molecule has 1 aliphatic carbocycles. The number of nitrogens with zero attached hydrogens (tertiary/aromatic N) is 3. The number of hydrogen-bond acceptors (Lipinski definition) is 5. The molecular weight excluding hydrogens is 431 g/mol. The number of nitrogens with one attached hydrogen (secondary N) is 1. The molecule has 5 rings (SSSR count). The van der Waals surface area contributed by atoms with Gasteiger partial charge in [-0.1, -0.05) is 11.6 Å². The van der Waals surface area contributed by atoms with E-state index in [0.717, 1.165) is 39.0 Å². The predicted octanol–water partition coefficient (Wildman–Crippen LogP) is 3.93. The summed E-state index contributed by atoms with van der Waals surface area (Å²) in [5.41, 5.74) is 0.791. The lowest BCUT2D eigenvalue weighted by Gasteiger charge is -2.36. The van der Waals surface area contributed by atoms with Crippen molar-refractivity contribution in [1.82, 2.24) is 19.8 Å². The van der Waals surface area contributed by atoms with E-state index in [1.165, 1.54) is 12.1 Å². The number of halogens is 2. The predicted molar refractivity (Wildman–Crippen MR) is 123 cm³/mol. The maximum absolute atomic E-state index is 14.1. The SMILES string of the molecule is CCOc1cc(Cl)ccc1-n1c(C(C2CC2)N2CCNCC2)nc2ccc(F)cc2c1=O. The van der Waals surface area contributed by atoms with E-state index < -0.39 is 5.82 Å². The van der Waals surface area contributed by atoms with E-state index in [2.05, 4.69) is 10.2 Å². The first-order valence-corrected chi connectivity index (χ1v) is 11.5. The Morgan fingerprint density at radius 2 is 2.00 bits per heavy atom. The summed E-state index contributed by atoms with van der Waals surface area (Å²) in [6.45, 7) is 5.89. The maximum Gasteiger partial charge on any atom is 0.266 e. The summed E-state index contributed by atoms with van der Waals surface area (Å²) < 4.78 is 21.5. The Bertz CT molecular complexity index is 1200. The fourth-order valence-corrected chi connectivity index (χ4v) is 4.76. The van der Waals surface area contributed by atoms with E-state index in [1.54, 1.807) is 28.8 Å². The number of aromatic nitrogens is 2. The first-order chi connectivity index (χ1) is 15.6. The van der Waals surface area contributed by atoms with Crippen LogP contribution in [0.1, 0.15) is 31.6 Å². The third-order valence-electron chi connectivity index (χ3n) is 6.20. The third kappa shape index (κ3) is 4.00. The summed E-state index contributed by atoms with van der Waals surface area (Å²) in [6, 6.07) is 9.45. The molecule has 0 amide bonds. The van der Waals surface area contributed by atoms with Crippen LogP contribution in [0.4, 0.5) is 4.39 Å². The Kier molecular flexibility index (Phi) is 5.88. The van der Waals surface area contributed by atoms with Gasteiger partial charge in [-0.2, -0.15) is 0 Å². The van der Waals surface area contributed by atoms with Crippen molar-refractivity contribution in [2.75, 3.05) is 32.8 Å². The van der Waals surface area contributed by atoms with Crippen LogP contribution in [0.2, 0.25) is 5.02 Å². The van der Waals surface area contributed by atoms with Gasteiger partial charge in [0, 0.05) is 37.3 Å². The van der Waals surface area contributed by atoms with Crippen LogP contribution in [0, 0.1) is 11.7 Å². The highest BCUT2D eigenvalue weighted by Gasteiger charge is 2.40. The van der Waals surface area contributed by atoms with Crippen LogP contribution in [0.5, 0.6) is 5.75 Å². The van der Waals surface area contributed by atoms with Crippen molar-refractivity contribution < 1.29 is 9.13 Å². The molecule has 1 N–H and O–H groups in total. The minimum atomic E-state index is -0.460. The fourth-order valence-electron chi connectivity index (χ4n) is 4.59. The normalized spacial score (nSPS) is 18.1. The summed E-state index contributed by atoms with van der Waals surface area (Å²) >= 11 is 6.23. The highest BCUT2D eigenvalue weighted by Crippen LogP contribution is 2.45. The molecule has 1 atom stereocenters. The number of rotatable bonds is 6. The molecule has 8 heteroatoms. The highest BCUT2D eigenvalue weighted by molar-refractivity contribution is 6.30. The van der Waals surface area contributed by atoms with Crippen molar-refractivity contribution in [3.05, 3.63) is 63.4 Å². The van der Waals surface area contributed by atoms with Gasteiger partial charge in [0.15, 0.2) is 0 Å². The molecule has 1 saturated carbocycles. The van der Waals surface area contributed by atoms with Crippen LogP contribution in [0.15, 0.2) is 41.2 Å². The standard InChI is InChI=1S/C24H26ClFN4O2/c1-2-32-21-13-16(25)5-8-20(21)30-23(22(15-3-4-15)29-11-9-27-10-12-29)28-19-7-6-17(26)14-18(19)24(30)31/h5-8,13-15,22,27H,2-4,9-12H2,1H3. The lowest BCUT2D eigenvalue weighted by atomic mass is 10.1. The number of hydrogen-bond donors (Lipinski definition) is 1. The molecule has 2 fully saturated rings. The van der Waals surface area contributed by atoms with Gasteiger partial charge in [0.05, 0.1) is 29.2 Å². The molecule has 3 aromatic rings. The van der Waals surface area contributed by atoms with E-state index in [-0.39, 0.29) is 17.0 Å². The Balaban J connectivity index is 1.79. The molecule has 0 radical (unpaired) electrons. The van der Waals surface area contributed by atoms with E-state index in [9.17, 15) is 9.18 Å². The first-order valence-electron chi connectivity index (χ1n) is 11.2. The number of fused-ring (bicyclic) bond motifs is 1. The number of benzene rings is 2. The Hall–Kier alpha value is -2.48. The largest absolute Gasteiger partial charge is 0.492 e. The Morgan fingerprint density at radius 1 is 1.22 bits per heavy atom. The quantitative estimate of drug-likeness (QED) is 0.609. The minimum Gasteiger partial charge on any atom is -0.492 e. The molecule has 0 spiro atoms.